The first-order valence-electron chi connectivity index (χ1n) is 4.68. The van der Waals surface area contributed by atoms with E-state index in [2.05, 4.69) is 0 Å². The molecule has 0 unspecified atom stereocenters. The van der Waals surface area contributed by atoms with Gasteiger partial charge in [0.1, 0.15) is 0 Å². The van der Waals surface area contributed by atoms with Crippen LogP contribution in [0.1, 0.15) is 0 Å². The maximum Gasteiger partial charge on any atom is 0.311 e. The van der Waals surface area contributed by atoms with Crippen molar-refractivity contribution in [3.63, 3.8) is 0 Å². The van der Waals surface area contributed by atoms with Gasteiger partial charge < -0.3 is 9.64 Å². The van der Waals surface area contributed by atoms with Crippen LogP contribution in [0.2, 0.25) is 5.02 Å². The molecule has 0 saturated carbocycles. The number of nitrogens with zero attached hydrogens (tertiary/aromatic N) is 2. The van der Waals surface area contributed by atoms with Gasteiger partial charge in [0.15, 0.2) is 12.4 Å². The van der Waals surface area contributed by atoms with Crippen LogP contribution in [0, 0.1) is 10.1 Å². The Morgan fingerprint density at radius 3 is 2.71 bits per heavy atom. The van der Waals surface area contributed by atoms with Crippen LogP contribution in [0.4, 0.5) is 5.69 Å². The van der Waals surface area contributed by atoms with E-state index >= 15 is 0 Å². The first-order valence-corrected chi connectivity index (χ1v) is 5.06. The van der Waals surface area contributed by atoms with E-state index in [4.69, 9.17) is 16.3 Å². The highest BCUT2D eigenvalue weighted by atomic mass is 35.5. The Labute approximate surface area is 103 Å². The fourth-order valence-corrected chi connectivity index (χ4v) is 1.19. The number of hydrogen-bond donors (Lipinski definition) is 0. The van der Waals surface area contributed by atoms with Gasteiger partial charge in [-0.1, -0.05) is 11.6 Å². The fraction of sp³-hybridized carbons (Fsp3) is 0.300. The minimum Gasteiger partial charge on any atom is -0.477 e. The average Bonchev–Trinajstić information content (AvgIpc) is 2.25. The molecule has 17 heavy (non-hydrogen) atoms. The number of nitro benzene ring substituents is 1. The standard InChI is InChI=1S/C10H11ClN2O4/c1-12(2)10(14)6-17-9-5-7(11)3-4-8(9)13(15)16/h3-5H,6H2,1-2H3. The lowest BCUT2D eigenvalue weighted by Crippen LogP contribution is -2.27. The Morgan fingerprint density at radius 2 is 2.18 bits per heavy atom. The summed E-state index contributed by atoms with van der Waals surface area (Å²) < 4.78 is 5.09. The lowest BCUT2D eigenvalue weighted by molar-refractivity contribution is -0.385. The number of carbonyl (C=O) groups is 1. The van der Waals surface area contributed by atoms with Crippen LogP contribution in [0.5, 0.6) is 5.75 Å². The SMILES string of the molecule is CN(C)C(=O)COc1cc(Cl)ccc1[N+](=O)[O-]. The minimum atomic E-state index is -0.591. The van der Waals surface area contributed by atoms with Gasteiger partial charge >= 0.3 is 5.69 Å². The number of hydrogen-bond acceptors (Lipinski definition) is 4. The summed E-state index contributed by atoms with van der Waals surface area (Å²) in [7, 11) is 3.14. The molecular weight excluding hydrogens is 248 g/mol. The molecule has 0 N–H and O–H groups in total. The Morgan fingerprint density at radius 1 is 1.53 bits per heavy atom. The summed E-state index contributed by atoms with van der Waals surface area (Å²) in [5, 5.41) is 11.0. The van der Waals surface area contributed by atoms with Gasteiger partial charge in [0.25, 0.3) is 5.91 Å². The van der Waals surface area contributed by atoms with Crippen LogP contribution >= 0.6 is 11.6 Å². The summed E-state index contributed by atoms with van der Waals surface area (Å²) in [4.78, 5) is 22.7. The summed E-state index contributed by atoms with van der Waals surface area (Å²) in [5.74, 6) is -0.308. The van der Waals surface area contributed by atoms with Gasteiger partial charge in [-0.2, -0.15) is 0 Å². The molecule has 1 amide bonds. The molecule has 1 aromatic carbocycles. The summed E-state index contributed by atoms with van der Waals surface area (Å²) in [5.41, 5.74) is -0.221. The second-order valence-corrected chi connectivity index (χ2v) is 3.88. The van der Waals surface area contributed by atoms with Crippen molar-refractivity contribution < 1.29 is 14.5 Å². The largest absolute Gasteiger partial charge is 0.477 e. The van der Waals surface area contributed by atoms with Crippen LogP contribution in [0.3, 0.4) is 0 Å². The topological polar surface area (TPSA) is 72.7 Å². The van der Waals surface area contributed by atoms with E-state index in [1.165, 1.54) is 23.1 Å². The highest BCUT2D eigenvalue weighted by Crippen LogP contribution is 2.29. The number of amides is 1. The summed E-state index contributed by atoms with van der Waals surface area (Å²) >= 11 is 5.70. The Balaban J connectivity index is 2.86. The van der Waals surface area contributed by atoms with Crippen LogP contribution in [-0.4, -0.2) is 36.4 Å². The normalized spacial score (nSPS) is 9.82. The minimum absolute atomic E-state index is 0.0160. The third-order valence-corrected chi connectivity index (χ3v) is 2.20. The molecular formula is C10H11ClN2O4. The molecule has 0 spiro atoms. The molecule has 0 radical (unpaired) electrons. The van der Waals surface area contributed by atoms with Crippen LogP contribution in [0.15, 0.2) is 18.2 Å². The first-order chi connectivity index (χ1) is 7.91. The number of nitro groups is 1. The van der Waals surface area contributed by atoms with Gasteiger partial charge in [-0.25, -0.2) is 0 Å². The maximum absolute atomic E-state index is 11.3. The van der Waals surface area contributed by atoms with Gasteiger partial charge in [-0.3, -0.25) is 14.9 Å². The molecule has 6 nitrogen and oxygen atoms in total. The van der Waals surface area contributed by atoms with Gasteiger partial charge in [-0.15, -0.1) is 0 Å². The van der Waals surface area contributed by atoms with E-state index in [9.17, 15) is 14.9 Å². The molecule has 0 saturated heterocycles. The van der Waals surface area contributed by atoms with Gasteiger partial charge in [0, 0.05) is 31.3 Å². The van der Waals surface area contributed by atoms with Gasteiger partial charge in [0.2, 0.25) is 0 Å². The van der Waals surface area contributed by atoms with Crippen molar-refractivity contribution in [1.29, 1.82) is 0 Å². The zero-order valence-corrected chi connectivity index (χ0v) is 10.1. The van der Waals surface area contributed by atoms with E-state index in [-0.39, 0.29) is 24.0 Å². The number of rotatable bonds is 4. The van der Waals surface area contributed by atoms with Crippen molar-refractivity contribution in [2.45, 2.75) is 0 Å². The maximum atomic E-state index is 11.3. The Hall–Kier alpha value is -1.82. The molecule has 1 rings (SSSR count). The summed E-state index contributed by atoms with van der Waals surface area (Å²) in [6.45, 7) is -0.270. The monoisotopic (exact) mass is 258 g/mol. The highest BCUT2D eigenvalue weighted by Gasteiger charge is 2.16. The third kappa shape index (κ3) is 3.60. The van der Waals surface area contributed by atoms with E-state index in [0.29, 0.717) is 5.02 Å². The molecule has 7 heteroatoms. The van der Waals surface area contributed by atoms with Gasteiger partial charge in [0.05, 0.1) is 4.92 Å². The van der Waals surface area contributed by atoms with Crippen LogP contribution in [-0.2, 0) is 4.79 Å². The molecule has 92 valence electrons. The van der Waals surface area contributed by atoms with Crippen molar-refractivity contribution in [2.24, 2.45) is 0 Å². The van der Waals surface area contributed by atoms with Crippen LogP contribution < -0.4 is 4.74 Å². The number of likely N-dealkylation sites (N-methyl/N-ethyl adjacent to an activating group) is 1. The lowest BCUT2D eigenvalue weighted by atomic mass is 10.3. The second kappa shape index (κ2) is 5.49. The molecule has 0 aliphatic carbocycles. The Bertz CT molecular complexity index is 448. The van der Waals surface area contributed by atoms with Crippen molar-refractivity contribution in [3.8, 4) is 5.75 Å². The quantitative estimate of drug-likeness (QED) is 0.609. The molecule has 0 aromatic heterocycles. The Kier molecular flexibility index (Phi) is 4.28. The number of carbonyl (C=O) groups excluding carboxylic acids is 1. The average molecular weight is 259 g/mol. The van der Waals surface area contributed by atoms with E-state index < -0.39 is 4.92 Å². The molecule has 1 aromatic rings. The lowest BCUT2D eigenvalue weighted by Gasteiger charge is -2.11. The van der Waals surface area contributed by atoms with Crippen molar-refractivity contribution in [2.75, 3.05) is 20.7 Å². The molecule has 0 aliphatic rings. The molecule has 0 fully saturated rings. The zero-order valence-electron chi connectivity index (χ0n) is 9.34. The van der Waals surface area contributed by atoms with Crippen LogP contribution in [0.25, 0.3) is 0 Å². The number of ether oxygens (including phenoxy) is 1. The highest BCUT2D eigenvalue weighted by molar-refractivity contribution is 6.30. The predicted octanol–water partition coefficient (Wildman–Crippen LogP) is 1.72. The predicted molar refractivity (Wildman–Crippen MR) is 62.3 cm³/mol. The van der Waals surface area contributed by atoms with E-state index in [1.54, 1.807) is 14.1 Å². The van der Waals surface area contributed by atoms with E-state index in [1.807, 2.05) is 0 Å². The van der Waals surface area contributed by atoms with Gasteiger partial charge in [-0.05, 0) is 6.07 Å². The second-order valence-electron chi connectivity index (χ2n) is 3.45. The van der Waals surface area contributed by atoms with Crippen molar-refractivity contribution in [1.82, 2.24) is 4.90 Å². The number of benzene rings is 1. The fourth-order valence-electron chi connectivity index (χ4n) is 1.02. The molecule has 0 heterocycles. The summed E-state index contributed by atoms with van der Waals surface area (Å²) in [6.07, 6.45) is 0. The van der Waals surface area contributed by atoms with E-state index in [0.717, 1.165) is 0 Å². The van der Waals surface area contributed by atoms with Crippen molar-refractivity contribution in [3.05, 3.63) is 33.3 Å². The number of halogens is 1. The third-order valence-electron chi connectivity index (χ3n) is 1.97. The zero-order chi connectivity index (χ0) is 13.0. The smallest absolute Gasteiger partial charge is 0.311 e. The molecule has 0 atom stereocenters. The first kappa shape index (κ1) is 13.2. The molecule has 0 aliphatic heterocycles. The summed E-state index contributed by atoms with van der Waals surface area (Å²) in [6, 6.07) is 3.93. The molecule has 0 bridgehead atoms. The van der Waals surface area contributed by atoms with Crippen molar-refractivity contribution >= 4 is 23.2 Å².